The predicted octanol–water partition coefficient (Wildman–Crippen LogP) is 0.930. The van der Waals surface area contributed by atoms with Crippen LogP contribution in [0.1, 0.15) is 39.0 Å². The van der Waals surface area contributed by atoms with E-state index in [9.17, 15) is 9.59 Å². The minimum Gasteiger partial charge on any atom is -0.469 e. The number of nitrogens with zero attached hydrogens (tertiary/aromatic N) is 1. The molecule has 0 saturated carbocycles. The van der Waals surface area contributed by atoms with Gasteiger partial charge in [0.2, 0.25) is 5.91 Å². The van der Waals surface area contributed by atoms with Crippen LogP contribution in [-0.4, -0.2) is 49.6 Å². The number of hydrogen-bond acceptors (Lipinski definition) is 4. The first-order valence-electron chi connectivity index (χ1n) is 6.71. The molecule has 1 aliphatic rings. The summed E-state index contributed by atoms with van der Waals surface area (Å²) in [4.78, 5) is 24.8. The van der Waals surface area contributed by atoms with E-state index in [1.807, 2.05) is 11.8 Å². The number of likely N-dealkylation sites (tertiary alicyclic amines) is 1. The van der Waals surface area contributed by atoms with E-state index in [4.69, 9.17) is 0 Å². The summed E-state index contributed by atoms with van der Waals surface area (Å²) in [5.41, 5.74) is 0. The van der Waals surface area contributed by atoms with Crippen molar-refractivity contribution in [1.29, 1.82) is 0 Å². The maximum atomic E-state index is 11.9. The number of methoxy groups -OCH3 is 1. The van der Waals surface area contributed by atoms with Crippen molar-refractivity contribution in [2.75, 3.05) is 26.7 Å². The molecule has 1 rings (SSSR count). The molecule has 0 aromatic carbocycles. The Bertz CT molecular complexity index is 275. The Morgan fingerprint density at radius 1 is 1.28 bits per heavy atom. The van der Waals surface area contributed by atoms with Crippen molar-refractivity contribution in [2.24, 2.45) is 0 Å². The van der Waals surface area contributed by atoms with Crippen molar-refractivity contribution >= 4 is 11.9 Å². The fourth-order valence-corrected chi connectivity index (χ4v) is 2.13. The van der Waals surface area contributed by atoms with Crippen LogP contribution in [0.25, 0.3) is 0 Å². The Kier molecular flexibility index (Phi) is 6.72. The number of piperidine rings is 1. The van der Waals surface area contributed by atoms with Crippen LogP contribution in [0.3, 0.4) is 0 Å². The molecule has 1 N–H and O–H groups in total. The summed E-state index contributed by atoms with van der Waals surface area (Å²) in [6.07, 6.45) is 4.33. The van der Waals surface area contributed by atoms with Gasteiger partial charge in [0.15, 0.2) is 0 Å². The van der Waals surface area contributed by atoms with Crippen LogP contribution in [0.4, 0.5) is 0 Å². The molecule has 1 unspecified atom stereocenters. The molecule has 1 amide bonds. The van der Waals surface area contributed by atoms with Crippen molar-refractivity contribution in [2.45, 2.75) is 45.1 Å². The first-order chi connectivity index (χ1) is 8.63. The third kappa shape index (κ3) is 5.49. The number of esters is 1. The number of carbonyl (C=O) groups is 2. The molecule has 0 radical (unpaired) electrons. The van der Waals surface area contributed by atoms with E-state index in [1.54, 1.807) is 0 Å². The molecule has 0 spiro atoms. The second-order valence-corrected chi connectivity index (χ2v) is 4.83. The molecular weight excluding hydrogens is 232 g/mol. The lowest BCUT2D eigenvalue weighted by molar-refractivity contribution is -0.141. The number of rotatable bonds is 6. The van der Waals surface area contributed by atoms with E-state index in [0.29, 0.717) is 19.4 Å². The number of amides is 1. The van der Waals surface area contributed by atoms with Gasteiger partial charge >= 0.3 is 5.97 Å². The Hall–Kier alpha value is -1.10. The Morgan fingerprint density at radius 3 is 2.56 bits per heavy atom. The smallest absolute Gasteiger partial charge is 0.307 e. The first kappa shape index (κ1) is 15.0. The topological polar surface area (TPSA) is 58.6 Å². The highest BCUT2D eigenvalue weighted by molar-refractivity contribution is 5.76. The highest BCUT2D eigenvalue weighted by Gasteiger charge is 2.16. The molecule has 1 heterocycles. The molecule has 1 saturated heterocycles. The van der Waals surface area contributed by atoms with E-state index < -0.39 is 0 Å². The van der Waals surface area contributed by atoms with Gasteiger partial charge in [0.1, 0.15) is 0 Å². The summed E-state index contributed by atoms with van der Waals surface area (Å²) in [6, 6.07) is 0.0478. The van der Waals surface area contributed by atoms with Crippen LogP contribution in [0, 0.1) is 0 Å². The van der Waals surface area contributed by atoms with Gasteiger partial charge in [0, 0.05) is 32.1 Å². The van der Waals surface area contributed by atoms with Gasteiger partial charge in [-0.15, -0.1) is 0 Å². The van der Waals surface area contributed by atoms with Crippen LogP contribution >= 0.6 is 0 Å². The molecule has 18 heavy (non-hydrogen) atoms. The minimum absolute atomic E-state index is 0.0478. The number of carbonyl (C=O) groups excluding carboxylic acids is 2. The van der Waals surface area contributed by atoms with Gasteiger partial charge in [-0.25, -0.2) is 0 Å². The van der Waals surface area contributed by atoms with Gasteiger partial charge in [-0.1, -0.05) is 0 Å². The lowest BCUT2D eigenvalue weighted by Gasteiger charge is -2.27. The third-order valence-electron chi connectivity index (χ3n) is 3.24. The monoisotopic (exact) mass is 256 g/mol. The van der Waals surface area contributed by atoms with Crippen molar-refractivity contribution in [3.63, 3.8) is 0 Å². The molecule has 5 nitrogen and oxygen atoms in total. The fraction of sp³-hybridized carbons (Fsp3) is 0.846. The summed E-state index contributed by atoms with van der Waals surface area (Å²) in [5, 5.41) is 3.17. The number of nitrogens with one attached hydrogen (secondary N) is 1. The van der Waals surface area contributed by atoms with Crippen molar-refractivity contribution in [3.05, 3.63) is 0 Å². The normalized spacial score (nSPS) is 17.3. The Balaban J connectivity index is 2.12. The van der Waals surface area contributed by atoms with E-state index >= 15 is 0 Å². The van der Waals surface area contributed by atoms with Crippen molar-refractivity contribution in [1.82, 2.24) is 10.2 Å². The zero-order chi connectivity index (χ0) is 13.4. The summed E-state index contributed by atoms with van der Waals surface area (Å²) < 4.78 is 4.59. The summed E-state index contributed by atoms with van der Waals surface area (Å²) in [6.45, 7) is 4.34. The van der Waals surface area contributed by atoms with E-state index in [0.717, 1.165) is 25.9 Å². The quantitative estimate of drug-likeness (QED) is 0.718. The molecule has 1 fully saturated rings. The van der Waals surface area contributed by atoms with Gasteiger partial charge in [0.05, 0.1) is 13.5 Å². The lowest BCUT2D eigenvalue weighted by Crippen LogP contribution is -2.38. The molecule has 0 bridgehead atoms. The molecule has 0 aromatic rings. The average molecular weight is 256 g/mol. The van der Waals surface area contributed by atoms with E-state index in [1.165, 1.54) is 13.5 Å². The van der Waals surface area contributed by atoms with Crippen molar-refractivity contribution in [3.8, 4) is 0 Å². The van der Waals surface area contributed by atoms with E-state index in [2.05, 4.69) is 10.1 Å². The SMILES string of the molecule is COC(=O)CC(C)NCCC(=O)N1CCCCC1. The highest BCUT2D eigenvalue weighted by Crippen LogP contribution is 2.09. The number of hydrogen-bond donors (Lipinski definition) is 1. The van der Waals surface area contributed by atoms with Crippen LogP contribution < -0.4 is 5.32 Å². The third-order valence-corrected chi connectivity index (χ3v) is 3.24. The van der Waals surface area contributed by atoms with Gasteiger partial charge < -0.3 is 15.0 Å². The zero-order valence-corrected chi connectivity index (χ0v) is 11.4. The maximum absolute atomic E-state index is 11.9. The summed E-state index contributed by atoms with van der Waals surface area (Å²) in [7, 11) is 1.38. The molecule has 0 aliphatic carbocycles. The second-order valence-electron chi connectivity index (χ2n) is 4.83. The van der Waals surface area contributed by atoms with Crippen LogP contribution in [0.2, 0.25) is 0 Å². The Labute approximate surface area is 109 Å². The van der Waals surface area contributed by atoms with Crippen LogP contribution in [-0.2, 0) is 14.3 Å². The summed E-state index contributed by atoms with van der Waals surface area (Å²) in [5.74, 6) is -0.00942. The molecule has 0 aromatic heterocycles. The van der Waals surface area contributed by atoms with Gasteiger partial charge in [-0.3, -0.25) is 9.59 Å². The lowest BCUT2D eigenvalue weighted by atomic mass is 10.1. The molecule has 1 atom stereocenters. The highest BCUT2D eigenvalue weighted by atomic mass is 16.5. The van der Waals surface area contributed by atoms with Gasteiger partial charge in [0.25, 0.3) is 0 Å². The van der Waals surface area contributed by atoms with Crippen LogP contribution in [0.5, 0.6) is 0 Å². The minimum atomic E-state index is -0.225. The van der Waals surface area contributed by atoms with Gasteiger partial charge in [-0.05, 0) is 26.2 Å². The average Bonchev–Trinajstić information content (AvgIpc) is 2.39. The Morgan fingerprint density at radius 2 is 1.94 bits per heavy atom. The molecular formula is C13H24N2O3. The van der Waals surface area contributed by atoms with Gasteiger partial charge in [-0.2, -0.15) is 0 Å². The maximum Gasteiger partial charge on any atom is 0.307 e. The molecule has 104 valence electrons. The standard InChI is InChI=1S/C13H24N2O3/c1-11(10-13(17)18-2)14-7-6-12(16)15-8-4-3-5-9-15/h11,14H,3-10H2,1-2H3. The number of ether oxygens (including phenoxy) is 1. The zero-order valence-electron chi connectivity index (χ0n) is 11.4. The van der Waals surface area contributed by atoms with E-state index in [-0.39, 0.29) is 17.9 Å². The van der Waals surface area contributed by atoms with Crippen LogP contribution in [0.15, 0.2) is 0 Å². The fourth-order valence-electron chi connectivity index (χ4n) is 2.13. The molecule has 1 aliphatic heterocycles. The summed E-state index contributed by atoms with van der Waals surface area (Å²) >= 11 is 0. The second kappa shape index (κ2) is 8.08. The first-order valence-corrected chi connectivity index (χ1v) is 6.71. The predicted molar refractivity (Wildman–Crippen MR) is 69.1 cm³/mol. The molecule has 5 heteroatoms. The van der Waals surface area contributed by atoms with Crippen molar-refractivity contribution < 1.29 is 14.3 Å². The largest absolute Gasteiger partial charge is 0.469 e.